The molecule has 3 heterocycles. The third kappa shape index (κ3) is 2.69. The van der Waals surface area contributed by atoms with Crippen LogP contribution in [0.3, 0.4) is 0 Å². The van der Waals surface area contributed by atoms with Crippen LogP contribution in [0.5, 0.6) is 0 Å². The molecule has 1 aromatic heterocycles. The molecule has 1 spiro atoms. The number of hydrogen-bond donors (Lipinski definition) is 2. The summed E-state index contributed by atoms with van der Waals surface area (Å²) in [6, 6.07) is 9.46. The van der Waals surface area contributed by atoms with Crippen LogP contribution in [-0.4, -0.2) is 78.6 Å². The van der Waals surface area contributed by atoms with Gasteiger partial charge in [0.05, 0.1) is 19.7 Å². The standard InChI is InChI=1S/C18H22N4O3/c1-19-16(23)15-8-25-18(9-21(15)2)10-22(11-18)17(24)14-7-12-5-3-4-6-13(12)20-14/h3-7,15,20H,8-11H2,1-2H3,(H,19,23)/t15-/m1/s1. The topological polar surface area (TPSA) is 77.7 Å². The molecule has 25 heavy (non-hydrogen) atoms. The number of amides is 2. The fraction of sp³-hybridized carbons (Fsp3) is 0.444. The van der Waals surface area contributed by atoms with Gasteiger partial charge in [0.15, 0.2) is 0 Å². The molecular weight excluding hydrogens is 320 g/mol. The van der Waals surface area contributed by atoms with Gasteiger partial charge in [0.1, 0.15) is 17.3 Å². The fourth-order valence-electron chi connectivity index (χ4n) is 3.78. The number of H-pyrrole nitrogens is 1. The molecule has 7 heteroatoms. The van der Waals surface area contributed by atoms with Crippen molar-refractivity contribution in [2.24, 2.45) is 0 Å². The Morgan fingerprint density at radius 2 is 2.04 bits per heavy atom. The van der Waals surface area contributed by atoms with E-state index in [0.29, 0.717) is 31.9 Å². The molecule has 4 rings (SSSR count). The van der Waals surface area contributed by atoms with Gasteiger partial charge in [0.2, 0.25) is 5.91 Å². The fourth-order valence-corrected chi connectivity index (χ4v) is 3.78. The summed E-state index contributed by atoms with van der Waals surface area (Å²) in [4.78, 5) is 31.5. The van der Waals surface area contributed by atoms with Gasteiger partial charge in [-0.1, -0.05) is 18.2 Å². The van der Waals surface area contributed by atoms with E-state index < -0.39 is 0 Å². The lowest BCUT2D eigenvalue weighted by molar-refractivity contribution is -0.187. The van der Waals surface area contributed by atoms with Crippen molar-refractivity contribution in [2.45, 2.75) is 11.6 Å². The van der Waals surface area contributed by atoms with Crippen LogP contribution < -0.4 is 5.32 Å². The Kier molecular flexibility index (Phi) is 3.77. The number of hydrogen-bond acceptors (Lipinski definition) is 4. The van der Waals surface area contributed by atoms with E-state index in [9.17, 15) is 9.59 Å². The minimum absolute atomic E-state index is 0.0125. The number of rotatable bonds is 2. The minimum Gasteiger partial charge on any atom is -0.368 e. The molecule has 2 aliphatic rings. The third-order valence-electron chi connectivity index (χ3n) is 5.17. The van der Waals surface area contributed by atoms with Crippen LogP contribution in [0, 0.1) is 0 Å². The average Bonchev–Trinajstić information content (AvgIpc) is 3.02. The molecule has 2 amide bonds. The zero-order valence-corrected chi connectivity index (χ0v) is 14.4. The number of para-hydroxylation sites is 1. The predicted octanol–water partition coefficient (Wildman–Crippen LogP) is 0.439. The number of ether oxygens (including phenoxy) is 1. The molecule has 0 saturated carbocycles. The Balaban J connectivity index is 1.41. The maximum atomic E-state index is 12.7. The molecule has 0 unspecified atom stereocenters. The van der Waals surface area contributed by atoms with Crippen molar-refractivity contribution < 1.29 is 14.3 Å². The van der Waals surface area contributed by atoms with E-state index in [2.05, 4.69) is 10.3 Å². The van der Waals surface area contributed by atoms with Crippen LogP contribution in [0.4, 0.5) is 0 Å². The number of aromatic nitrogens is 1. The molecule has 0 radical (unpaired) electrons. The lowest BCUT2D eigenvalue weighted by atomic mass is 9.90. The van der Waals surface area contributed by atoms with E-state index in [4.69, 9.17) is 4.74 Å². The molecule has 2 aliphatic heterocycles. The van der Waals surface area contributed by atoms with Crippen LogP contribution in [0.2, 0.25) is 0 Å². The summed E-state index contributed by atoms with van der Waals surface area (Å²) < 4.78 is 5.98. The number of fused-ring (bicyclic) bond motifs is 1. The van der Waals surface area contributed by atoms with Gasteiger partial charge in [-0.3, -0.25) is 14.5 Å². The van der Waals surface area contributed by atoms with Crippen molar-refractivity contribution in [2.75, 3.05) is 40.3 Å². The van der Waals surface area contributed by atoms with Gasteiger partial charge >= 0.3 is 0 Å². The van der Waals surface area contributed by atoms with Gasteiger partial charge in [-0.15, -0.1) is 0 Å². The monoisotopic (exact) mass is 342 g/mol. The summed E-state index contributed by atoms with van der Waals surface area (Å²) >= 11 is 0. The molecular formula is C18H22N4O3. The number of nitrogens with zero attached hydrogens (tertiary/aromatic N) is 2. The maximum absolute atomic E-state index is 12.7. The Morgan fingerprint density at radius 3 is 2.72 bits per heavy atom. The molecule has 0 aliphatic carbocycles. The third-order valence-corrected chi connectivity index (χ3v) is 5.17. The number of likely N-dealkylation sites (N-methyl/N-ethyl adjacent to an activating group) is 2. The quantitative estimate of drug-likeness (QED) is 0.830. The molecule has 2 fully saturated rings. The van der Waals surface area contributed by atoms with Crippen molar-refractivity contribution in [1.29, 1.82) is 0 Å². The molecule has 1 atom stereocenters. The van der Waals surface area contributed by atoms with Gasteiger partial charge in [-0.2, -0.15) is 0 Å². The first-order valence-corrected chi connectivity index (χ1v) is 8.44. The Hall–Kier alpha value is -2.38. The first kappa shape index (κ1) is 16.1. The Labute approximate surface area is 145 Å². The second-order valence-corrected chi connectivity index (χ2v) is 6.97. The first-order chi connectivity index (χ1) is 12.0. The highest BCUT2D eigenvalue weighted by Crippen LogP contribution is 2.32. The highest BCUT2D eigenvalue weighted by molar-refractivity contribution is 5.98. The number of aromatic amines is 1. The van der Waals surface area contributed by atoms with Crippen molar-refractivity contribution in [3.63, 3.8) is 0 Å². The number of benzene rings is 1. The molecule has 132 valence electrons. The highest BCUT2D eigenvalue weighted by atomic mass is 16.5. The number of morpholine rings is 1. The van der Waals surface area contributed by atoms with E-state index in [1.807, 2.05) is 42.3 Å². The zero-order valence-electron chi connectivity index (χ0n) is 14.4. The molecule has 2 aromatic rings. The van der Waals surface area contributed by atoms with E-state index in [0.717, 1.165) is 10.9 Å². The zero-order chi connectivity index (χ0) is 17.6. The largest absolute Gasteiger partial charge is 0.368 e. The van der Waals surface area contributed by atoms with Crippen molar-refractivity contribution in [1.82, 2.24) is 20.1 Å². The SMILES string of the molecule is CNC(=O)[C@H]1COC2(CN(C(=O)c3cc4ccccc4[nH]3)C2)CN1C. The van der Waals surface area contributed by atoms with Crippen molar-refractivity contribution in [3.05, 3.63) is 36.0 Å². The summed E-state index contributed by atoms with van der Waals surface area (Å²) in [5.41, 5.74) is 1.20. The predicted molar refractivity (Wildman–Crippen MR) is 93.4 cm³/mol. The van der Waals surface area contributed by atoms with E-state index in [1.54, 1.807) is 11.9 Å². The highest BCUT2D eigenvalue weighted by Gasteiger charge is 2.51. The summed E-state index contributed by atoms with van der Waals surface area (Å²) in [5, 5.41) is 3.69. The maximum Gasteiger partial charge on any atom is 0.270 e. The normalized spacial score (nSPS) is 22.8. The molecule has 0 bridgehead atoms. The Morgan fingerprint density at radius 1 is 1.28 bits per heavy atom. The van der Waals surface area contributed by atoms with Gasteiger partial charge in [-0.05, 0) is 19.2 Å². The molecule has 2 saturated heterocycles. The summed E-state index contributed by atoms with van der Waals surface area (Å²) in [7, 11) is 3.55. The van der Waals surface area contributed by atoms with Crippen molar-refractivity contribution in [3.8, 4) is 0 Å². The number of carbonyl (C=O) groups is 2. The number of likely N-dealkylation sites (tertiary alicyclic amines) is 1. The second-order valence-electron chi connectivity index (χ2n) is 6.97. The van der Waals surface area contributed by atoms with Gasteiger partial charge in [0.25, 0.3) is 5.91 Å². The average molecular weight is 342 g/mol. The summed E-state index contributed by atoms with van der Waals surface area (Å²) in [6.45, 7) is 2.09. The van der Waals surface area contributed by atoms with Gasteiger partial charge in [-0.25, -0.2) is 0 Å². The van der Waals surface area contributed by atoms with Crippen LogP contribution in [-0.2, 0) is 9.53 Å². The molecule has 1 aromatic carbocycles. The Bertz CT molecular complexity index is 792. The van der Waals surface area contributed by atoms with Crippen LogP contribution >= 0.6 is 0 Å². The lowest BCUT2D eigenvalue weighted by Crippen LogP contribution is -2.73. The van der Waals surface area contributed by atoms with Crippen LogP contribution in [0.25, 0.3) is 10.9 Å². The molecule has 2 N–H and O–H groups in total. The number of carbonyl (C=O) groups excluding carboxylic acids is 2. The lowest BCUT2D eigenvalue weighted by Gasteiger charge is -2.54. The van der Waals surface area contributed by atoms with Crippen LogP contribution in [0.1, 0.15) is 10.5 Å². The van der Waals surface area contributed by atoms with Crippen molar-refractivity contribution >= 4 is 22.7 Å². The number of nitrogens with one attached hydrogen (secondary N) is 2. The van der Waals surface area contributed by atoms with Crippen LogP contribution in [0.15, 0.2) is 30.3 Å². The van der Waals surface area contributed by atoms with Gasteiger partial charge < -0.3 is 19.9 Å². The second kappa shape index (κ2) is 5.86. The summed E-state index contributed by atoms with van der Waals surface area (Å²) in [5.74, 6) is -0.0517. The van der Waals surface area contributed by atoms with E-state index >= 15 is 0 Å². The molecule has 7 nitrogen and oxygen atoms in total. The van der Waals surface area contributed by atoms with E-state index in [-0.39, 0.29) is 23.5 Å². The summed E-state index contributed by atoms with van der Waals surface area (Å²) in [6.07, 6.45) is 0. The van der Waals surface area contributed by atoms with E-state index in [1.165, 1.54) is 0 Å². The first-order valence-electron chi connectivity index (χ1n) is 8.44. The van der Waals surface area contributed by atoms with Gasteiger partial charge in [0, 0.05) is 24.5 Å². The minimum atomic E-state index is -0.360. The smallest absolute Gasteiger partial charge is 0.270 e.